The summed E-state index contributed by atoms with van der Waals surface area (Å²) < 4.78 is 10.6. The molecule has 1 heterocycles. The van der Waals surface area contributed by atoms with Gasteiger partial charge in [0, 0.05) is 18.7 Å². The molecule has 2 rings (SSSR count). The molecule has 1 amide bonds. The maximum atomic E-state index is 11.8. The number of morpholine rings is 1. The van der Waals surface area contributed by atoms with Crippen LogP contribution in [0.5, 0.6) is 5.75 Å². The Balaban J connectivity index is 2.09. The van der Waals surface area contributed by atoms with Crippen molar-refractivity contribution in [1.29, 1.82) is 0 Å². The Kier molecular flexibility index (Phi) is 4.44. The van der Waals surface area contributed by atoms with Crippen LogP contribution in [0, 0.1) is 0 Å². The van der Waals surface area contributed by atoms with Gasteiger partial charge in [0.2, 0.25) is 5.91 Å². The summed E-state index contributed by atoms with van der Waals surface area (Å²) in [5.41, 5.74) is 0.989. The number of carbonyl (C=O) groups excluding carboxylic acids is 1. The van der Waals surface area contributed by atoms with Crippen LogP contribution in [0.25, 0.3) is 0 Å². The molecule has 0 N–H and O–H groups in total. The summed E-state index contributed by atoms with van der Waals surface area (Å²) in [5.74, 6) is 1.18. The summed E-state index contributed by atoms with van der Waals surface area (Å²) in [6.45, 7) is 1.16. The van der Waals surface area contributed by atoms with E-state index in [0.29, 0.717) is 19.0 Å². The van der Waals surface area contributed by atoms with Gasteiger partial charge >= 0.3 is 0 Å². The number of hydrogen-bond acceptors (Lipinski definition) is 3. The van der Waals surface area contributed by atoms with Gasteiger partial charge in [0.15, 0.2) is 0 Å². The van der Waals surface area contributed by atoms with Gasteiger partial charge < -0.3 is 14.4 Å². The number of rotatable bonds is 4. The van der Waals surface area contributed by atoms with Crippen molar-refractivity contribution < 1.29 is 14.3 Å². The molecule has 4 nitrogen and oxygen atoms in total. The van der Waals surface area contributed by atoms with Crippen LogP contribution in [0.4, 0.5) is 0 Å². The molecule has 98 valence electrons. The molecule has 1 aromatic rings. The SMILES string of the molecule is COc1ccccc1CN1CC(CCl)OCC1=O. The van der Waals surface area contributed by atoms with Crippen molar-refractivity contribution in [2.45, 2.75) is 12.6 Å². The lowest BCUT2D eigenvalue weighted by molar-refractivity contribution is -0.148. The molecule has 1 aromatic carbocycles. The van der Waals surface area contributed by atoms with Crippen LogP contribution in [-0.2, 0) is 16.1 Å². The van der Waals surface area contributed by atoms with Crippen molar-refractivity contribution in [1.82, 2.24) is 4.90 Å². The molecule has 1 aliphatic heterocycles. The second kappa shape index (κ2) is 6.07. The van der Waals surface area contributed by atoms with Crippen LogP contribution in [0.1, 0.15) is 5.56 Å². The number of carbonyl (C=O) groups is 1. The number of ether oxygens (including phenoxy) is 2. The topological polar surface area (TPSA) is 38.8 Å². The quantitative estimate of drug-likeness (QED) is 0.781. The van der Waals surface area contributed by atoms with E-state index in [-0.39, 0.29) is 18.6 Å². The fourth-order valence-corrected chi connectivity index (χ4v) is 2.15. The highest BCUT2D eigenvalue weighted by molar-refractivity contribution is 6.18. The van der Waals surface area contributed by atoms with Crippen LogP contribution >= 0.6 is 11.6 Å². The zero-order valence-corrected chi connectivity index (χ0v) is 11.0. The van der Waals surface area contributed by atoms with Crippen LogP contribution in [0.2, 0.25) is 0 Å². The molecule has 1 atom stereocenters. The lowest BCUT2D eigenvalue weighted by Gasteiger charge is -2.32. The minimum absolute atomic E-state index is 0.0118. The number of alkyl halides is 1. The van der Waals surface area contributed by atoms with Gasteiger partial charge in [0.25, 0.3) is 0 Å². The molecule has 0 spiro atoms. The summed E-state index contributed by atoms with van der Waals surface area (Å²) in [4.78, 5) is 13.5. The largest absolute Gasteiger partial charge is 0.496 e. The maximum Gasteiger partial charge on any atom is 0.248 e. The smallest absolute Gasteiger partial charge is 0.248 e. The van der Waals surface area contributed by atoms with E-state index in [0.717, 1.165) is 11.3 Å². The maximum absolute atomic E-state index is 11.8. The van der Waals surface area contributed by atoms with Crippen LogP contribution in [0.3, 0.4) is 0 Å². The zero-order chi connectivity index (χ0) is 13.0. The van der Waals surface area contributed by atoms with E-state index in [9.17, 15) is 4.79 Å². The fraction of sp³-hybridized carbons (Fsp3) is 0.462. The van der Waals surface area contributed by atoms with E-state index in [1.54, 1.807) is 12.0 Å². The molecule has 0 radical (unpaired) electrons. The molecule has 0 bridgehead atoms. The van der Waals surface area contributed by atoms with E-state index in [1.807, 2.05) is 24.3 Å². The van der Waals surface area contributed by atoms with Crippen LogP contribution < -0.4 is 4.74 Å². The molecular formula is C13H16ClNO3. The summed E-state index contributed by atoms with van der Waals surface area (Å²) in [7, 11) is 1.63. The fourth-order valence-electron chi connectivity index (χ4n) is 1.97. The number of halogens is 1. The summed E-state index contributed by atoms with van der Waals surface area (Å²) >= 11 is 5.77. The van der Waals surface area contributed by atoms with E-state index < -0.39 is 0 Å². The highest BCUT2D eigenvalue weighted by Gasteiger charge is 2.26. The lowest BCUT2D eigenvalue weighted by Crippen LogP contribution is -2.46. The number of amides is 1. The molecule has 0 saturated carbocycles. The first-order valence-corrected chi connectivity index (χ1v) is 6.35. The molecule has 1 saturated heterocycles. The van der Waals surface area contributed by atoms with Crippen molar-refractivity contribution in [2.75, 3.05) is 26.1 Å². The zero-order valence-electron chi connectivity index (χ0n) is 10.3. The Morgan fingerprint density at radius 3 is 3.00 bits per heavy atom. The molecular weight excluding hydrogens is 254 g/mol. The van der Waals surface area contributed by atoms with E-state index in [1.165, 1.54) is 0 Å². The third kappa shape index (κ3) is 2.94. The summed E-state index contributed by atoms with van der Waals surface area (Å²) in [5, 5.41) is 0. The Bertz CT molecular complexity index is 424. The highest BCUT2D eigenvalue weighted by Crippen LogP contribution is 2.21. The average Bonchev–Trinajstić information content (AvgIpc) is 2.42. The standard InChI is InChI=1S/C13H16ClNO3/c1-17-12-5-3-2-4-10(12)7-15-8-11(6-14)18-9-13(15)16/h2-5,11H,6-9H2,1H3. The monoisotopic (exact) mass is 269 g/mol. The normalized spacial score (nSPS) is 20.0. The van der Waals surface area contributed by atoms with Gasteiger partial charge in [0.05, 0.1) is 19.1 Å². The second-order valence-corrected chi connectivity index (χ2v) is 4.48. The second-order valence-electron chi connectivity index (χ2n) is 4.17. The van der Waals surface area contributed by atoms with Gasteiger partial charge in [-0.1, -0.05) is 18.2 Å². The van der Waals surface area contributed by atoms with Crippen molar-refractivity contribution in [3.63, 3.8) is 0 Å². The van der Waals surface area contributed by atoms with Gasteiger partial charge in [-0.15, -0.1) is 11.6 Å². The molecule has 1 aliphatic rings. The Morgan fingerprint density at radius 1 is 1.50 bits per heavy atom. The Morgan fingerprint density at radius 2 is 2.28 bits per heavy atom. The number of nitrogens with zero attached hydrogens (tertiary/aromatic N) is 1. The average molecular weight is 270 g/mol. The van der Waals surface area contributed by atoms with Crippen molar-refractivity contribution >= 4 is 17.5 Å². The molecule has 18 heavy (non-hydrogen) atoms. The molecule has 0 aromatic heterocycles. The first-order chi connectivity index (χ1) is 8.74. The first-order valence-electron chi connectivity index (χ1n) is 5.82. The number of para-hydroxylation sites is 1. The van der Waals surface area contributed by atoms with E-state index in [4.69, 9.17) is 21.1 Å². The predicted molar refractivity (Wildman–Crippen MR) is 68.9 cm³/mol. The number of benzene rings is 1. The van der Waals surface area contributed by atoms with E-state index in [2.05, 4.69) is 0 Å². The minimum atomic E-state index is -0.0842. The summed E-state index contributed by atoms with van der Waals surface area (Å²) in [6, 6.07) is 7.68. The van der Waals surface area contributed by atoms with Gasteiger partial charge in [-0.3, -0.25) is 4.79 Å². The number of hydrogen-bond donors (Lipinski definition) is 0. The van der Waals surface area contributed by atoms with Gasteiger partial charge in [-0.25, -0.2) is 0 Å². The predicted octanol–water partition coefficient (Wildman–Crippen LogP) is 1.66. The third-order valence-electron chi connectivity index (χ3n) is 2.95. The Hall–Kier alpha value is -1.26. The third-order valence-corrected chi connectivity index (χ3v) is 3.29. The van der Waals surface area contributed by atoms with Crippen molar-refractivity contribution in [3.05, 3.63) is 29.8 Å². The highest BCUT2D eigenvalue weighted by atomic mass is 35.5. The minimum Gasteiger partial charge on any atom is -0.496 e. The summed E-state index contributed by atoms with van der Waals surface area (Å²) in [6.07, 6.45) is -0.0842. The molecule has 1 unspecified atom stereocenters. The van der Waals surface area contributed by atoms with E-state index >= 15 is 0 Å². The molecule has 5 heteroatoms. The first kappa shape index (κ1) is 13.2. The Labute approximate surface area is 111 Å². The van der Waals surface area contributed by atoms with Crippen molar-refractivity contribution in [2.24, 2.45) is 0 Å². The van der Waals surface area contributed by atoms with Gasteiger partial charge in [-0.05, 0) is 6.07 Å². The van der Waals surface area contributed by atoms with Gasteiger partial charge in [0.1, 0.15) is 12.4 Å². The van der Waals surface area contributed by atoms with Gasteiger partial charge in [-0.2, -0.15) is 0 Å². The molecule has 1 fully saturated rings. The number of methoxy groups -OCH3 is 1. The van der Waals surface area contributed by atoms with Crippen LogP contribution in [0.15, 0.2) is 24.3 Å². The molecule has 0 aliphatic carbocycles. The lowest BCUT2D eigenvalue weighted by atomic mass is 10.1. The van der Waals surface area contributed by atoms with Crippen LogP contribution in [-0.4, -0.2) is 43.1 Å². The van der Waals surface area contributed by atoms with Crippen molar-refractivity contribution in [3.8, 4) is 5.75 Å².